The maximum absolute atomic E-state index is 13.0. The zero-order chi connectivity index (χ0) is 27.9. The Morgan fingerprint density at radius 3 is 2.90 bits per heavy atom. The van der Waals surface area contributed by atoms with E-state index < -0.39 is 6.10 Å². The number of fused-ring (bicyclic) bond motifs is 1. The molecule has 3 N–H and O–H groups in total. The van der Waals surface area contributed by atoms with Crippen LogP contribution in [0.25, 0.3) is 0 Å². The van der Waals surface area contributed by atoms with Crippen molar-refractivity contribution in [2.75, 3.05) is 56.7 Å². The van der Waals surface area contributed by atoms with E-state index in [2.05, 4.69) is 49.5 Å². The lowest BCUT2D eigenvalue weighted by Crippen LogP contribution is -2.42. The highest BCUT2D eigenvalue weighted by Gasteiger charge is 2.23. The average molecular weight is 552 g/mol. The lowest BCUT2D eigenvalue weighted by atomic mass is 9.99. The summed E-state index contributed by atoms with van der Waals surface area (Å²) >= 11 is 0. The van der Waals surface area contributed by atoms with E-state index >= 15 is 0 Å². The Morgan fingerprint density at radius 2 is 2.15 bits per heavy atom. The molecule has 3 aromatic rings. The van der Waals surface area contributed by atoms with Gasteiger partial charge >= 0.3 is 0 Å². The van der Waals surface area contributed by atoms with Crippen LogP contribution in [0.15, 0.2) is 41.3 Å². The normalized spacial score (nSPS) is 16.1. The molecule has 1 unspecified atom stereocenters. The number of oxazole rings is 1. The second-order valence-electron chi connectivity index (χ2n) is 10.3. The van der Waals surface area contributed by atoms with Crippen LogP contribution in [0.4, 0.5) is 11.8 Å². The van der Waals surface area contributed by atoms with Gasteiger partial charge in [0.15, 0.2) is 12.2 Å². The molecule has 1 atom stereocenters. The third kappa shape index (κ3) is 7.26. The molecule has 0 radical (unpaired) electrons. The van der Waals surface area contributed by atoms with Gasteiger partial charge in [0.05, 0.1) is 31.6 Å². The number of amides is 1. The van der Waals surface area contributed by atoms with E-state index in [4.69, 9.17) is 13.9 Å². The van der Waals surface area contributed by atoms with Gasteiger partial charge in [0.1, 0.15) is 23.9 Å². The van der Waals surface area contributed by atoms with Gasteiger partial charge in [0.2, 0.25) is 5.95 Å². The van der Waals surface area contributed by atoms with Crippen LogP contribution < -0.4 is 20.3 Å². The molecular formula is C28H37N7O5. The Bertz CT molecular complexity index is 1270. The number of β-amino-alcohol motifs (C(OH)–C–C–N with tert-alkyl or cyclic N) is 1. The summed E-state index contributed by atoms with van der Waals surface area (Å²) in [5.41, 5.74) is 2.70. The van der Waals surface area contributed by atoms with Crippen molar-refractivity contribution < 1.29 is 23.8 Å². The summed E-state index contributed by atoms with van der Waals surface area (Å²) in [5, 5.41) is 16.9. The van der Waals surface area contributed by atoms with Crippen LogP contribution >= 0.6 is 0 Å². The summed E-state index contributed by atoms with van der Waals surface area (Å²) in [4.78, 5) is 30.1. The summed E-state index contributed by atoms with van der Waals surface area (Å²) in [5.74, 6) is 2.19. The predicted octanol–water partition coefficient (Wildman–Crippen LogP) is 1.85. The SMILES string of the molecule is CCCN(C)c1nc(NC2COC2)cc(C(=O)NCC(O)CN2CCc3cc(OCc4cnco4)ccc3C2)n1. The first-order chi connectivity index (χ1) is 19.5. The minimum atomic E-state index is -0.719. The minimum Gasteiger partial charge on any atom is -0.486 e. The topological polar surface area (TPSA) is 138 Å². The Labute approximate surface area is 233 Å². The number of hydrogen-bond donors (Lipinski definition) is 3. The fourth-order valence-corrected chi connectivity index (χ4v) is 4.72. The molecule has 2 aromatic heterocycles. The monoisotopic (exact) mass is 551 g/mol. The number of rotatable bonds is 13. The van der Waals surface area contributed by atoms with E-state index in [-0.39, 0.29) is 24.2 Å². The van der Waals surface area contributed by atoms with E-state index in [0.29, 0.717) is 43.9 Å². The molecule has 0 bridgehead atoms. The lowest BCUT2D eigenvalue weighted by molar-refractivity contribution is 0.0209. The summed E-state index contributed by atoms with van der Waals surface area (Å²) in [6.07, 6.45) is 4.09. The molecule has 0 saturated carbocycles. The lowest BCUT2D eigenvalue weighted by Gasteiger charge is -2.30. The fourth-order valence-electron chi connectivity index (χ4n) is 4.72. The molecular weight excluding hydrogens is 514 g/mol. The highest BCUT2D eigenvalue weighted by atomic mass is 16.5. The van der Waals surface area contributed by atoms with E-state index in [1.54, 1.807) is 12.3 Å². The molecule has 1 fully saturated rings. The van der Waals surface area contributed by atoms with Crippen LogP contribution in [0.2, 0.25) is 0 Å². The van der Waals surface area contributed by atoms with Gasteiger partial charge in [0, 0.05) is 45.8 Å². The van der Waals surface area contributed by atoms with Gasteiger partial charge in [-0.15, -0.1) is 0 Å². The van der Waals surface area contributed by atoms with Crippen molar-refractivity contribution in [3.05, 3.63) is 59.4 Å². The van der Waals surface area contributed by atoms with Crippen molar-refractivity contribution in [3.63, 3.8) is 0 Å². The standard InChI is InChI=1S/C28H37N7O5/c1-3-7-34(2)28-32-25(10-26(33-28)31-21-15-38-16-21)27(37)30-11-22(36)14-35-8-6-19-9-23(5-4-20(19)13-35)39-17-24-12-29-18-40-24/h4-5,9-10,12,18,21-22,36H,3,6-8,11,13-17H2,1-2H3,(H,30,37)(H,31,32,33). The van der Waals surface area contributed by atoms with Crippen LogP contribution in [0.5, 0.6) is 5.75 Å². The van der Waals surface area contributed by atoms with Gasteiger partial charge in [-0.2, -0.15) is 4.98 Å². The molecule has 12 nitrogen and oxygen atoms in total. The number of hydrogen-bond acceptors (Lipinski definition) is 11. The maximum atomic E-state index is 13.0. The van der Waals surface area contributed by atoms with Gasteiger partial charge in [0.25, 0.3) is 5.91 Å². The quantitative estimate of drug-likeness (QED) is 0.287. The summed E-state index contributed by atoms with van der Waals surface area (Å²) in [6, 6.07) is 7.90. The Hall–Kier alpha value is -3.74. The number of aromatic nitrogens is 3. The van der Waals surface area contributed by atoms with Crippen LogP contribution in [-0.4, -0.2) is 89.5 Å². The molecule has 2 aliphatic heterocycles. The summed E-state index contributed by atoms with van der Waals surface area (Å²) in [7, 11) is 1.91. The number of carbonyl (C=O) groups excluding carboxylic acids is 1. The van der Waals surface area contributed by atoms with Crippen molar-refractivity contribution in [1.82, 2.24) is 25.2 Å². The third-order valence-electron chi connectivity index (χ3n) is 6.94. The van der Waals surface area contributed by atoms with Crippen LogP contribution in [0, 0.1) is 0 Å². The summed E-state index contributed by atoms with van der Waals surface area (Å²) < 4.78 is 16.3. The minimum absolute atomic E-state index is 0.125. The third-order valence-corrected chi connectivity index (χ3v) is 6.94. The molecule has 0 spiro atoms. The zero-order valence-electron chi connectivity index (χ0n) is 23.0. The van der Waals surface area contributed by atoms with Gasteiger partial charge in [-0.05, 0) is 36.1 Å². The smallest absolute Gasteiger partial charge is 0.270 e. The summed E-state index contributed by atoms with van der Waals surface area (Å²) in [6.45, 7) is 6.51. The van der Waals surface area contributed by atoms with Crippen LogP contribution in [-0.2, 0) is 24.3 Å². The van der Waals surface area contributed by atoms with Gasteiger partial charge in [-0.1, -0.05) is 13.0 Å². The van der Waals surface area contributed by atoms with E-state index in [1.165, 1.54) is 17.5 Å². The maximum Gasteiger partial charge on any atom is 0.270 e. The van der Waals surface area contributed by atoms with E-state index in [9.17, 15) is 9.90 Å². The number of anilines is 2. The van der Waals surface area contributed by atoms with E-state index in [1.807, 2.05) is 18.0 Å². The molecule has 0 aliphatic carbocycles. The number of ether oxygens (including phenoxy) is 2. The van der Waals surface area contributed by atoms with Crippen molar-refractivity contribution in [2.24, 2.45) is 0 Å². The molecule has 2 aliphatic rings. The second kappa shape index (κ2) is 13.1. The number of carbonyl (C=O) groups is 1. The predicted molar refractivity (Wildman–Crippen MR) is 148 cm³/mol. The molecule has 40 heavy (non-hydrogen) atoms. The number of nitrogens with zero attached hydrogens (tertiary/aromatic N) is 5. The zero-order valence-corrected chi connectivity index (χ0v) is 23.0. The molecule has 5 rings (SSSR count). The van der Waals surface area contributed by atoms with Crippen molar-refractivity contribution in [1.29, 1.82) is 0 Å². The molecule has 214 valence electrons. The van der Waals surface area contributed by atoms with Gasteiger partial charge < -0.3 is 34.5 Å². The van der Waals surface area contributed by atoms with E-state index in [0.717, 1.165) is 38.2 Å². The Balaban J connectivity index is 1.12. The van der Waals surface area contributed by atoms with Crippen LogP contribution in [0.3, 0.4) is 0 Å². The van der Waals surface area contributed by atoms with Crippen molar-refractivity contribution in [3.8, 4) is 5.75 Å². The van der Waals surface area contributed by atoms with Gasteiger partial charge in [-0.25, -0.2) is 9.97 Å². The average Bonchev–Trinajstić information content (AvgIpc) is 3.46. The number of benzene rings is 1. The molecule has 1 aromatic carbocycles. The highest BCUT2D eigenvalue weighted by Crippen LogP contribution is 2.25. The second-order valence-corrected chi connectivity index (χ2v) is 10.3. The number of nitrogens with one attached hydrogen (secondary N) is 2. The number of aliphatic hydroxyl groups excluding tert-OH is 1. The number of aliphatic hydroxyl groups is 1. The first-order valence-electron chi connectivity index (χ1n) is 13.7. The first kappa shape index (κ1) is 27.8. The van der Waals surface area contributed by atoms with Crippen molar-refractivity contribution >= 4 is 17.7 Å². The molecule has 12 heteroatoms. The van der Waals surface area contributed by atoms with Crippen molar-refractivity contribution in [2.45, 2.75) is 45.1 Å². The molecule has 1 saturated heterocycles. The largest absolute Gasteiger partial charge is 0.486 e. The highest BCUT2D eigenvalue weighted by molar-refractivity contribution is 5.93. The van der Waals surface area contributed by atoms with Gasteiger partial charge in [-0.3, -0.25) is 9.69 Å². The fraction of sp³-hybridized carbons (Fsp3) is 0.500. The van der Waals surface area contributed by atoms with Crippen LogP contribution in [0.1, 0.15) is 40.7 Å². The first-order valence-corrected chi connectivity index (χ1v) is 13.7. The molecule has 1 amide bonds. The molecule has 4 heterocycles. The Morgan fingerprint density at radius 1 is 1.27 bits per heavy atom. The Kier molecular flexibility index (Phi) is 9.09.